The average Bonchev–Trinajstić information content (AvgIpc) is 3.19. The van der Waals surface area contributed by atoms with Gasteiger partial charge in [-0.2, -0.15) is 0 Å². The Balaban J connectivity index is 1.63. The molecule has 1 N–H and O–H groups in total. The summed E-state index contributed by atoms with van der Waals surface area (Å²) in [5.74, 6) is 0.847. The van der Waals surface area contributed by atoms with Gasteiger partial charge in [0.1, 0.15) is 12.1 Å². The molecule has 0 aliphatic heterocycles. The zero-order valence-electron chi connectivity index (χ0n) is 16.2. The Bertz CT molecular complexity index is 1240. The van der Waals surface area contributed by atoms with Crippen molar-refractivity contribution < 1.29 is 5.11 Å². The van der Waals surface area contributed by atoms with E-state index in [2.05, 4.69) is 24.3 Å². The molecule has 2 aromatic carbocycles. The summed E-state index contributed by atoms with van der Waals surface area (Å²) in [6.07, 6.45) is 8.97. The lowest BCUT2D eigenvalue weighted by atomic mass is 9.62. The fourth-order valence-electron chi connectivity index (χ4n) is 5.33. The molecule has 0 radical (unpaired) electrons. The van der Waals surface area contributed by atoms with E-state index in [-0.39, 0.29) is 11.2 Å². The van der Waals surface area contributed by atoms with Gasteiger partial charge in [-0.3, -0.25) is 0 Å². The molecule has 1 fully saturated rings. The molecule has 5 nitrogen and oxygen atoms in total. The smallest absolute Gasteiger partial charge is 0.182 e. The van der Waals surface area contributed by atoms with Gasteiger partial charge in [0.05, 0.1) is 5.69 Å². The van der Waals surface area contributed by atoms with Gasteiger partial charge in [-0.25, -0.2) is 14.5 Å². The topological polar surface area (TPSA) is 63.3 Å². The highest BCUT2D eigenvalue weighted by molar-refractivity contribution is 5.78. The lowest BCUT2D eigenvalue weighted by Crippen LogP contribution is -2.36. The van der Waals surface area contributed by atoms with Crippen LogP contribution in [0.2, 0.25) is 0 Å². The molecule has 4 aromatic rings. The maximum Gasteiger partial charge on any atom is 0.182 e. The zero-order valence-corrected chi connectivity index (χ0v) is 16.2. The van der Waals surface area contributed by atoms with E-state index < -0.39 is 0 Å². The van der Waals surface area contributed by atoms with E-state index in [1.165, 1.54) is 48.8 Å². The summed E-state index contributed by atoms with van der Waals surface area (Å²) in [6.45, 7) is 0. The van der Waals surface area contributed by atoms with Gasteiger partial charge in [-0.05, 0) is 37.0 Å². The number of fused-ring (bicyclic) bond motifs is 6. The fraction of sp³-hybridized carbons (Fsp3) is 0.292. The number of nitrogens with zero attached hydrogens (tertiary/aromatic N) is 4. The van der Waals surface area contributed by atoms with Crippen LogP contribution in [0.25, 0.3) is 28.3 Å². The summed E-state index contributed by atoms with van der Waals surface area (Å²) in [5.41, 5.74) is 6.75. The molecule has 29 heavy (non-hydrogen) atoms. The van der Waals surface area contributed by atoms with Crippen LogP contribution in [-0.4, -0.2) is 24.7 Å². The molecule has 144 valence electrons. The van der Waals surface area contributed by atoms with Gasteiger partial charge < -0.3 is 5.11 Å². The number of aromatic nitrogens is 4. The molecule has 2 aliphatic carbocycles. The number of hydrogen-bond acceptors (Lipinski definition) is 4. The van der Waals surface area contributed by atoms with E-state index in [0.717, 1.165) is 23.3 Å². The van der Waals surface area contributed by atoms with E-state index in [9.17, 15) is 5.11 Å². The molecule has 0 saturated heterocycles. The molecule has 5 heteroatoms. The highest BCUT2D eigenvalue weighted by Gasteiger charge is 2.42. The lowest BCUT2D eigenvalue weighted by molar-refractivity contribution is 0.288. The Labute approximate surface area is 169 Å². The maximum absolute atomic E-state index is 9.87. The van der Waals surface area contributed by atoms with Crippen LogP contribution in [0, 0.1) is 0 Å². The minimum absolute atomic E-state index is 0.0839. The molecule has 2 aliphatic rings. The van der Waals surface area contributed by atoms with Crippen molar-refractivity contribution in [1.82, 2.24) is 19.6 Å². The average molecular weight is 382 g/mol. The molecule has 2 aromatic heterocycles. The SMILES string of the molecule is Oc1cccc(-c2nc3c4c(ncn3n2)-c2ccccc2CC42CCCCC2)c1. The molecule has 0 bridgehead atoms. The molecular weight excluding hydrogens is 360 g/mol. The van der Waals surface area contributed by atoms with Crippen LogP contribution >= 0.6 is 0 Å². The molecule has 1 spiro atoms. The molecule has 2 heterocycles. The fourth-order valence-corrected chi connectivity index (χ4v) is 5.33. The third-order valence-corrected chi connectivity index (χ3v) is 6.63. The van der Waals surface area contributed by atoms with Gasteiger partial charge >= 0.3 is 0 Å². The van der Waals surface area contributed by atoms with E-state index in [4.69, 9.17) is 15.1 Å². The molecule has 1 saturated carbocycles. The zero-order chi connectivity index (χ0) is 19.4. The molecule has 0 atom stereocenters. The first kappa shape index (κ1) is 16.7. The standard InChI is InChI=1S/C24H22N4O/c29-18-9-6-8-16(13-18)22-26-23-20-21(25-15-28(23)27-22)19-10-3-2-7-17(19)14-24(20)11-4-1-5-12-24/h2-3,6-10,13,15,29H,1,4-5,11-12,14H2. The summed E-state index contributed by atoms with van der Waals surface area (Å²) in [7, 11) is 0. The van der Waals surface area contributed by atoms with Crippen molar-refractivity contribution in [3.8, 4) is 28.4 Å². The first-order chi connectivity index (χ1) is 14.2. The lowest BCUT2D eigenvalue weighted by Gasteiger charge is -2.42. The van der Waals surface area contributed by atoms with Crippen molar-refractivity contribution in [3.05, 3.63) is 66.0 Å². The number of benzene rings is 2. The van der Waals surface area contributed by atoms with Crippen LogP contribution in [-0.2, 0) is 11.8 Å². The Morgan fingerprint density at radius 1 is 0.966 bits per heavy atom. The second kappa shape index (κ2) is 6.14. The van der Waals surface area contributed by atoms with Crippen LogP contribution in [0.5, 0.6) is 5.75 Å². The molecular formula is C24H22N4O. The summed E-state index contributed by atoms with van der Waals surface area (Å²) in [4.78, 5) is 9.83. The highest BCUT2D eigenvalue weighted by Crippen LogP contribution is 2.50. The van der Waals surface area contributed by atoms with Crippen LogP contribution in [0.15, 0.2) is 54.9 Å². The minimum atomic E-state index is 0.0839. The largest absolute Gasteiger partial charge is 0.508 e. The van der Waals surface area contributed by atoms with Crippen molar-refractivity contribution in [2.75, 3.05) is 0 Å². The van der Waals surface area contributed by atoms with Gasteiger partial charge in [0.15, 0.2) is 11.5 Å². The third kappa shape index (κ3) is 2.50. The quantitative estimate of drug-likeness (QED) is 0.507. The third-order valence-electron chi connectivity index (χ3n) is 6.63. The van der Waals surface area contributed by atoms with Crippen LogP contribution in [0.1, 0.15) is 43.2 Å². The van der Waals surface area contributed by atoms with Gasteiger partial charge in [0.25, 0.3) is 0 Å². The van der Waals surface area contributed by atoms with E-state index in [0.29, 0.717) is 5.82 Å². The summed E-state index contributed by atoms with van der Waals surface area (Å²) >= 11 is 0. The molecule has 0 amide bonds. The number of hydrogen-bond donors (Lipinski definition) is 1. The van der Waals surface area contributed by atoms with Crippen LogP contribution in [0.4, 0.5) is 0 Å². The minimum Gasteiger partial charge on any atom is -0.508 e. The Kier molecular flexibility index (Phi) is 3.54. The monoisotopic (exact) mass is 382 g/mol. The van der Waals surface area contributed by atoms with Gasteiger partial charge in [0, 0.05) is 22.1 Å². The van der Waals surface area contributed by atoms with Gasteiger partial charge in [-0.1, -0.05) is 55.7 Å². The summed E-state index contributed by atoms with van der Waals surface area (Å²) in [6, 6.07) is 15.8. The Hall–Kier alpha value is -3.21. The van der Waals surface area contributed by atoms with Crippen LogP contribution in [0.3, 0.4) is 0 Å². The van der Waals surface area contributed by atoms with Crippen molar-refractivity contribution in [2.24, 2.45) is 0 Å². The van der Waals surface area contributed by atoms with E-state index in [1.807, 2.05) is 16.6 Å². The van der Waals surface area contributed by atoms with Crippen molar-refractivity contribution in [1.29, 1.82) is 0 Å². The second-order valence-corrected chi connectivity index (χ2v) is 8.40. The predicted octanol–water partition coefficient (Wildman–Crippen LogP) is 4.92. The maximum atomic E-state index is 9.87. The molecule has 6 rings (SSSR count). The predicted molar refractivity (Wildman–Crippen MR) is 112 cm³/mol. The number of phenols is 1. The second-order valence-electron chi connectivity index (χ2n) is 8.40. The van der Waals surface area contributed by atoms with Crippen LogP contribution < -0.4 is 0 Å². The van der Waals surface area contributed by atoms with E-state index in [1.54, 1.807) is 18.5 Å². The number of rotatable bonds is 1. The Morgan fingerprint density at radius 3 is 2.69 bits per heavy atom. The van der Waals surface area contributed by atoms with Gasteiger partial charge in [-0.15, -0.1) is 5.10 Å². The first-order valence-electron chi connectivity index (χ1n) is 10.4. The van der Waals surface area contributed by atoms with Crippen molar-refractivity contribution in [3.63, 3.8) is 0 Å². The molecule has 0 unspecified atom stereocenters. The van der Waals surface area contributed by atoms with Crippen molar-refractivity contribution in [2.45, 2.75) is 43.9 Å². The number of phenolic OH excluding ortho intramolecular Hbond substituents is 1. The summed E-state index contributed by atoms with van der Waals surface area (Å²) in [5, 5.41) is 14.6. The summed E-state index contributed by atoms with van der Waals surface area (Å²) < 4.78 is 1.82. The van der Waals surface area contributed by atoms with Gasteiger partial charge in [0.2, 0.25) is 0 Å². The highest BCUT2D eigenvalue weighted by atomic mass is 16.3. The van der Waals surface area contributed by atoms with Crippen molar-refractivity contribution >= 4 is 5.65 Å². The Morgan fingerprint density at radius 2 is 1.83 bits per heavy atom. The first-order valence-corrected chi connectivity index (χ1v) is 10.4. The number of aromatic hydroxyl groups is 1. The normalized spacial score (nSPS) is 17.2. The van der Waals surface area contributed by atoms with E-state index >= 15 is 0 Å².